The predicted molar refractivity (Wildman–Crippen MR) is 72.3 cm³/mol. The van der Waals surface area contributed by atoms with Crippen LogP contribution in [0, 0.1) is 3.57 Å². The highest BCUT2D eigenvalue weighted by atomic mass is 127. The standard InChI is InChI=1S/C10H10INS2/c1-12-9(7-2-4-13-6-7)10-8(11)3-5-14-10/h2-6,9,12H,1H3. The highest BCUT2D eigenvalue weighted by Crippen LogP contribution is 2.31. The molecule has 0 amide bonds. The summed E-state index contributed by atoms with van der Waals surface area (Å²) in [6.07, 6.45) is 0. The molecule has 0 saturated carbocycles. The lowest BCUT2D eigenvalue weighted by atomic mass is 10.1. The summed E-state index contributed by atoms with van der Waals surface area (Å²) in [5.74, 6) is 0. The van der Waals surface area contributed by atoms with Crippen molar-refractivity contribution in [3.63, 3.8) is 0 Å². The number of hydrogen-bond donors (Lipinski definition) is 1. The Morgan fingerprint density at radius 1 is 1.36 bits per heavy atom. The molecule has 0 aromatic carbocycles. The fourth-order valence-corrected chi connectivity index (χ4v) is 4.12. The first-order chi connectivity index (χ1) is 6.83. The van der Waals surface area contributed by atoms with Crippen LogP contribution in [0.5, 0.6) is 0 Å². The molecule has 4 heteroatoms. The monoisotopic (exact) mass is 335 g/mol. The summed E-state index contributed by atoms with van der Waals surface area (Å²) in [4.78, 5) is 1.41. The van der Waals surface area contributed by atoms with Gasteiger partial charge in [0.15, 0.2) is 0 Å². The number of thiophene rings is 2. The van der Waals surface area contributed by atoms with E-state index >= 15 is 0 Å². The second-order valence-corrected chi connectivity index (χ2v) is 5.80. The maximum absolute atomic E-state index is 3.36. The van der Waals surface area contributed by atoms with Crippen LogP contribution in [0.2, 0.25) is 0 Å². The first-order valence-corrected chi connectivity index (χ1v) is 7.15. The molecule has 1 atom stereocenters. The van der Waals surface area contributed by atoms with Gasteiger partial charge in [-0.2, -0.15) is 11.3 Å². The van der Waals surface area contributed by atoms with Gasteiger partial charge in [0.05, 0.1) is 6.04 Å². The Balaban J connectivity index is 2.36. The van der Waals surface area contributed by atoms with Crippen LogP contribution in [0.1, 0.15) is 16.5 Å². The van der Waals surface area contributed by atoms with Crippen LogP contribution in [-0.4, -0.2) is 7.05 Å². The van der Waals surface area contributed by atoms with Gasteiger partial charge in [-0.3, -0.25) is 0 Å². The summed E-state index contributed by atoms with van der Waals surface area (Å²) >= 11 is 5.96. The first-order valence-electron chi connectivity index (χ1n) is 4.25. The van der Waals surface area contributed by atoms with Crippen LogP contribution >= 0.6 is 45.3 Å². The fourth-order valence-electron chi connectivity index (χ4n) is 1.40. The van der Waals surface area contributed by atoms with E-state index in [1.807, 2.05) is 18.4 Å². The van der Waals surface area contributed by atoms with Gasteiger partial charge in [-0.15, -0.1) is 11.3 Å². The summed E-state index contributed by atoms with van der Waals surface area (Å²) in [7, 11) is 2.01. The molecule has 0 aliphatic rings. The predicted octanol–water partition coefficient (Wildman–Crippen LogP) is 3.72. The van der Waals surface area contributed by atoms with Crippen molar-refractivity contribution in [2.75, 3.05) is 7.05 Å². The molecule has 1 unspecified atom stereocenters. The van der Waals surface area contributed by atoms with Crippen molar-refractivity contribution in [1.29, 1.82) is 0 Å². The summed E-state index contributed by atoms with van der Waals surface area (Å²) in [5.41, 5.74) is 1.36. The van der Waals surface area contributed by atoms with Gasteiger partial charge in [-0.05, 0) is 63.5 Å². The van der Waals surface area contributed by atoms with Crippen molar-refractivity contribution in [2.24, 2.45) is 0 Å². The summed E-state index contributed by atoms with van der Waals surface area (Å²) in [6.45, 7) is 0. The van der Waals surface area contributed by atoms with Gasteiger partial charge in [-0.25, -0.2) is 0 Å². The molecular formula is C10H10INS2. The van der Waals surface area contributed by atoms with Crippen LogP contribution in [0.15, 0.2) is 28.3 Å². The van der Waals surface area contributed by atoms with Crippen molar-refractivity contribution in [2.45, 2.75) is 6.04 Å². The normalized spacial score (nSPS) is 13.0. The maximum Gasteiger partial charge on any atom is 0.0687 e. The minimum Gasteiger partial charge on any atom is -0.309 e. The third-order valence-electron chi connectivity index (χ3n) is 2.07. The van der Waals surface area contributed by atoms with Crippen molar-refractivity contribution in [3.8, 4) is 0 Å². The molecule has 2 aromatic heterocycles. The Bertz CT molecular complexity index is 394. The molecule has 0 saturated heterocycles. The quantitative estimate of drug-likeness (QED) is 0.843. The van der Waals surface area contributed by atoms with E-state index in [2.05, 4.69) is 56.2 Å². The maximum atomic E-state index is 3.36. The molecule has 0 radical (unpaired) electrons. The Morgan fingerprint density at radius 3 is 2.71 bits per heavy atom. The van der Waals surface area contributed by atoms with Gasteiger partial charge < -0.3 is 5.32 Å². The number of hydrogen-bond acceptors (Lipinski definition) is 3. The van der Waals surface area contributed by atoms with Crippen LogP contribution in [0.3, 0.4) is 0 Å². The molecule has 0 aliphatic carbocycles. The van der Waals surface area contributed by atoms with Gasteiger partial charge in [0.1, 0.15) is 0 Å². The van der Waals surface area contributed by atoms with Crippen molar-refractivity contribution >= 4 is 45.3 Å². The minimum atomic E-state index is 0.355. The number of halogens is 1. The molecule has 0 bridgehead atoms. The first kappa shape index (κ1) is 10.6. The Morgan fingerprint density at radius 2 is 2.21 bits per heavy atom. The average Bonchev–Trinajstić information content (AvgIpc) is 2.80. The molecule has 1 nitrogen and oxygen atoms in total. The van der Waals surface area contributed by atoms with Gasteiger partial charge in [-0.1, -0.05) is 0 Å². The van der Waals surface area contributed by atoms with Gasteiger partial charge >= 0.3 is 0 Å². The second kappa shape index (κ2) is 4.74. The van der Waals surface area contributed by atoms with Gasteiger partial charge in [0, 0.05) is 8.45 Å². The molecular weight excluding hydrogens is 325 g/mol. The molecule has 14 heavy (non-hydrogen) atoms. The van der Waals surface area contributed by atoms with E-state index in [1.165, 1.54) is 14.0 Å². The summed E-state index contributed by atoms with van der Waals surface area (Å²) in [5, 5.41) is 9.84. The van der Waals surface area contributed by atoms with Crippen LogP contribution in [0.25, 0.3) is 0 Å². The Hall–Kier alpha value is 0.0900. The van der Waals surface area contributed by atoms with Crippen LogP contribution in [-0.2, 0) is 0 Å². The van der Waals surface area contributed by atoms with Gasteiger partial charge in [0.25, 0.3) is 0 Å². The van der Waals surface area contributed by atoms with E-state index in [4.69, 9.17) is 0 Å². The molecule has 2 aromatic rings. The zero-order valence-electron chi connectivity index (χ0n) is 7.66. The number of nitrogens with one attached hydrogen (secondary N) is 1. The largest absolute Gasteiger partial charge is 0.309 e. The molecule has 0 spiro atoms. The molecule has 1 N–H and O–H groups in total. The lowest BCUT2D eigenvalue weighted by Gasteiger charge is -2.13. The van der Waals surface area contributed by atoms with Crippen LogP contribution in [0.4, 0.5) is 0 Å². The van der Waals surface area contributed by atoms with E-state index in [0.717, 1.165) is 0 Å². The third-order valence-corrected chi connectivity index (χ3v) is 5.06. The van der Waals surface area contributed by atoms with E-state index in [0.29, 0.717) is 6.04 Å². The van der Waals surface area contributed by atoms with Crippen molar-refractivity contribution in [3.05, 3.63) is 42.3 Å². The molecule has 74 valence electrons. The lowest BCUT2D eigenvalue weighted by Crippen LogP contribution is -2.16. The second-order valence-electron chi connectivity index (χ2n) is 2.91. The zero-order valence-corrected chi connectivity index (χ0v) is 11.4. The SMILES string of the molecule is CNC(c1ccsc1)c1sccc1I. The number of rotatable bonds is 3. The van der Waals surface area contributed by atoms with Gasteiger partial charge in [0.2, 0.25) is 0 Å². The zero-order chi connectivity index (χ0) is 9.97. The van der Waals surface area contributed by atoms with E-state index in [9.17, 15) is 0 Å². The fraction of sp³-hybridized carbons (Fsp3) is 0.200. The lowest BCUT2D eigenvalue weighted by molar-refractivity contribution is 0.704. The Labute approximate surface area is 105 Å². The summed E-state index contributed by atoms with van der Waals surface area (Å²) < 4.78 is 1.35. The van der Waals surface area contributed by atoms with E-state index in [-0.39, 0.29) is 0 Å². The molecule has 2 rings (SSSR count). The van der Waals surface area contributed by atoms with Crippen LogP contribution < -0.4 is 5.32 Å². The summed E-state index contributed by atoms with van der Waals surface area (Å²) in [6, 6.07) is 4.70. The highest BCUT2D eigenvalue weighted by Gasteiger charge is 2.15. The molecule has 0 aliphatic heterocycles. The molecule has 0 fully saturated rings. The van der Waals surface area contributed by atoms with E-state index < -0.39 is 0 Å². The smallest absolute Gasteiger partial charge is 0.0687 e. The Kier molecular flexibility index (Phi) is 3.59. The topological polar surface area (TPSA) is 12.0 Å². The minimum absolute atomic E-state index is 0.355. The van der Waals surface area contributed by atoms with E-state index in [1.54, 1.807) is 11.3 Å². The van der Waals surface area contributed by atoms with Crippen molar-refractivity contribution < 1.29 is 0 Å². The van der Waals surface area contributed by atoms with Crippen molar-refractivity contribution in [1.82, 2.24) is 5.32 Å². The highest BCUT2D eigenvalue weighted by molar-refractivity contribution is 14.1. The molecule has 2 heterocycles. The third kappa shape index (κ3) is 2.03. The average molecular weight is 335 g/mol.